The fraction of sp³-hybridized carbons (Fsp3) is 0.417. The van der Waals surface area contributed by atoms with Crippen molar-refractivity contribution in [2.75, 3.05) is 31.2 Å². The van der Waals surface area contributed by atoms with E-state index in [1.54, 1.807) is 12.1 Å². The maximum Gasteiger partial charge on any atom is 0.225 e. The number of nitrogens with two attached hydrogens (primary N) is 1. The van der Waals surface area contributed by atoms with Crippen molar-refractivity contribution in [1.29, 1.82) is 0 Å². The molecule has 88 valence electrons. The van der Waals surface area contributed by atoms with Gasteiger partial charge in [-0.05, 0) is 31.8 Å². The summed E-state index contributed by atoms with van der Waals surface area (Å²) in [5.41, 5.74) is 7.03. The minimum Gasteiger partial charge on any atom is -0.399 e. The van der Waals surface area contributed by atoms with Crippen molar-refractivity contribution in [3.63, 3.8) is 0 Å². The molecule has 0 saturated carbocycles. The Hall–Kier alpha value is -1.55. The minimum atomic E-state index is 0.0194. The van der Waals surface area contributed by atoms with Gasteiger partial charge in [0.15, 0.2) is 0 Å². The fourth-order valence-corrected chi connectivity index (χ4v) is 1.29. The van der Waals surface area contributed by atoms with Crippen LogP contribution in [0, 0.1) is 0 Å². The lowest BCUT2D eigenvalue weighted by atomic mass is 10.2. The van der Waals surface area contributed by atoms with Crippen LogP contribution in [-0.2, 0) is 4.79 Å². The van der Waals surface area contributed by atoms with E-state index in [4.69, 9.17) is 5.73 Å². The second-order valence-corrected chi connectivity index (χ2v) is 3.82. The zero-order chi connectivity index (χ0) is 12.0. The summed E-state index contributed by atoms with van der Waals surface area (Å²) in [4.78, 5) is 13.7. The maximum atomic E-state index is 11.6. The molecular weight excluding hydrogens is 202 g/mol. The van der Waals surface area contributed by atoms with Crippen molar-refractivity contribution >= 4 is 17.3 Å². The van der Waals surface area contributed by atoms with E-state index in [0.717, 1.165) is 18.8 Å². The Balaban J connectivity index is 2.40. The summed E-state index contributed by atoms with van der Waals surface area (Å²) < 4.78 is 0. The third-order valence-electron chi connectivity index (χ3n) is 2.43. The first-order valence-electron chi connectivity index (χ1n) is 5.45. The van der Waals surface area contributed by atoms with Crippen molar-refractivity contribution in [2.45, 2.75) is 13.3 Å². The van der Waals surface area contributed by atoms with Gasteiger partial charge in [0.2, 0.25) is 5.91 Å². The average molecular weight is 221 g/mol. The number of rotatable bonds is 5. The number of nitrogen functional groups attached to an aromatic ring is 1. The molecule has 0 atom stereocenters. The molecule has 0 unspecified atom stereocenters. The molecule has 0 spiro atoms. The predicted octanol–water partition coefficient (Wildman–Crippen LogP) is 1.55. The highest BCUT2D eigenvalue weighted by Crippen LogP contribution is 2.11. The molecule has 3 N–H and O–H groups in total. The predicted molar refractivity (Wildman–Crippen MR) is 67.3 cm³/mol. The number of benzene rings is 1. The summed E-state index contributed by atoms with van der Waals surface area (Å²) in [6.07, 6.45) is 0.499. The number of hydrogen-bond acceptors (Lipinski definition) is 3. The number of carbonyl (C=O) groups is 1. The van der Waals surface area contributed by atoms with Crippen LogP contribution in [0.25, 0.3) is 0 Å². The van der Waals surface area contributed by atoms with Gasteiger partial charge < -0.3 is 16.0 Å². The van der Waals surface area contributed by atoms with Gasteiger partial charge >= 0.3 is 0 Å². The Labute approximate surface area is 96.4 Å². The maximum absolute atomic E-state index is 11.6. The van der Waals surface area contributed by atoms with Gasteiger partial charge in [-0.1, -0.05) is 13.0 Å². The van der Waals surface area contributed by atoms with Crippen LogP contribution in [0.5, 0.6) is 0 Å². The van der Waals surface area contributed by atoms with Crippen LogP contribution in [0.15, 0.2) is 24.3 Å². The van der Waals surface area contributed by atoms with Gasteiger partial charge in [-0.2, -0.15) is 0 Å². The lowest BCUT2D eigenvalue weighted by Gasteiger charge is -2.13. The molecule has 1 aromatic rings. The van der Waals surface area contributed by atoms with E-state index in [9.17, 15) is 4.79 Å². The smallest absolute Gasteiger partial charge is 0.225 e. The number of nitrogens with zero attached hydrogens (tertiary/aromatic N) is 1. The van der Waals surface area contributed by atoms with E-state index in [1.807, 2.05) is 19.2 Å². The highest BCUT2D eigenvalue weighted by atomic mass is 16.1. The van der Waals surface area contributed by atoms with Crippen LogP contribution in [0.2, 0.25) is 0 Å². The zero-order valence-corrected chi connectivity index (χ0v) is 9.86. The normalized spacial score (nSPS) is 10.4. The molecule has 0 aromatic heterocycles. The standard InChI is InChI=1S/C12H19N3O/c1-3-15(2)8-7-12(16)14-11-6-4-5-10(13)9-11/h4-6,9H,3,7-8,13H2,1-2H3,(H,14,16). The number of anilines is 2. The number of carbonyl (C=O) groups excluding carboxylic acids is 1. The Morgan fingerprint density at radius 2 is 2.25 bits per heavy atom. The van der Waals surface area contributed by atoms with E-state index >= 15 is 0 Å². The van der Waals surface area contributed by atoms with Gasteiger partial charge in [0, 0.05) is 24.3 Å². The van der Waals surface area contributed by atoms with E-state index in [-0.39, 0.29) is 5.91 Å². The molecule has 0 heterocycles. The van der Waals surface area contributed by atoms with E-state index in [0.29, 0.717) is 12.1 Å². The second-order valence-electron chi connectivity index (χ2n) is 3.82. The van der Waals surface area contributed by atoms with Crippen LogP contribution >= 0.6 is 0 Å². The lowest BCUT2D eigenvalue weighted by Crippen LogP contribution is -2.23. The summed E-state index contributed by atoms with van der Waals surface area (Å²) in [5, 5.41) is 2.82. The Morgan fingerprint density at radius 3 is 2.88 bits per heavy atom. The molecule has 0 saturated heterocycles. The first kappa shape index (κ1) is 12.5. The first-order chi connectivity index (χ1) is 7.61. The monoisotopic (exact) mass is 221 g/mol. The average Bonchev–Trinajstić information content (AvgIpc) is 2.26. The molecule has 4 nitrogen and oxygen atoms in total. The largest absolute Gasteiger partial charge is 0.399 e. The lowest BCUT2D eigenvalue weighted by molar-refractivity contribution is -0.116. The van der Waals surface area contributed by atoms with Crippen LogP contribution < -0.4 is 11.1 Å². The number of nitrogens with one attached hydrogen (secondary N) is 1. The molecule has 0 aliphatic heterocycles. The third kappa shape index (κ3) is 4.31. The van der Waals surface area contributed by atoms with Gasteiger partial charge in [-0.15, -0.1) is 0 Å². The summed E-state index contributed by atoms with van der Waals surface area (Å²) in [6.45, 7) is 3.78. The molecule has 16 heavy (non-hydrogen) atoms. The molecule has 1 amide bonds. The van der Waals surface area contributed by atoms with Crippen LogP contribution in [0.4, 0.5) is 11.4 Å². The van der Waals surface area contributed by atoms with Gasteiger partial charge in [0.05, 0.1) is 0 Å². The zero-order valence-electron chi connectivity index (χ0n) is 9.86. The fourth-order valence-electron chi connectivity index (χ4n) is 1.29. The molecule has 0 aliphatic carbocycles. The second kappa shape index (κ2) is 6.12. The molecule has 1 rings (SSSR count). The number of hydrogen-bond donors (Lipinski definition) is 2. The SMILES string of the molecule is CCN(C)CCC(=O)Nc1cccc(N)c1. The molecule has 0 bridgehead atoms. The molecule has 0 radical (unpaired) electrons. The Kier molecular flexibility index (Phi) is 4.79. The summed E-state index contributed by atoms with van der Waals surface area (Å²) in [7, 11) is 1.99. The Bertz CT molecular complexity index is 352. The van der Waals surface area contributed by atoms with Crippen LogP contribution in [0.1, 0.15) is 13.3 Å². The van der Waals surface area contributed by atoms with E-state index in [2.05, 4.69) is 17.1 Å². The summed E-state index contributed by atoms with van der Waals surface area (Å²) in [6, 6.07) is 7.20. The molecule has 4 heteroatoms. The quantitative estimate of drug-likeness (QED) is 0.742. The van der Waals surface area contributed by atoms with Gasteiger partial charge in [-0.3, -0.25) is 4.79 Å². The van der Waals surface area contributed by atoms with Crippen molar-refractivity contribution in [3.05, 3.63) is 24.3 Å². The summed E-state index contributed by atoms with van der Waals surface area (Å²) in [5.74, 6) is 0.0194. The first-order valence-corrected chi connectivity index (χ1v) is 5.45. The highest BCUT2D eigenvalue weighted by molar-refractivity contribution is 5.91. The van der Waals surface area contributed by atoms with Crippen LogP contribution in [-0.4, -0.2) is 30.9 Å². The minimum absolute atomic E-state index is 0.0194. The topological polar surface area (TPSA) is 58.4 Å². The van der Waals surface area contributed by atoms with Crippen molar-refractivity contribution in [1.82, 2.24) is 4.90 Å². The molecule has 0 aliphatic rings. The van der Waals surface area contributed by atoms with Crippen molar-refractivity contribution < 1.29 is 4.79 Å². The van der Waals surface area contributed by atoms with Gasteiger partial charge in [-0.25, -0.2) is 0 Å². The Morgan fingerprint density at radius 1 is 1.50 bits per heavy atom. The van der Waals surface area contributed by atoms with Gasteiger partial charge in [0.1, 0.15) is 0 Å². The van der Waals surface area contributed by atoms with Crippen LogP contribution in [0.3, 0.4) is 0 Å². The summed E-state index contributed by atoms with van der Waals surface area (Å²) >= 11 is 0. The van der Waals surface area contributed by atoms with E-state index in [1.165, 1.54) is 0 Å². The van der Waals surface area contributed by atoms with Crippen molar-refractivity contribution in [3.8, 4) is 0 Å². The third-order valence-corrected chi connectivity index (χ3v) is 2.43. The van der Waals surface area contributed by atoms with E-state index < -0.39 is 0 Å². The van der Waals surface area contributed by atoms with Gasteiger partial charge in [0.25, 0.3) is 0 Å². The molecular formula is C12H19N3O. The highest BCUT2D eigenvalue weighted by Gasteiger charge is 2.03. The van der Waals surface area contributed by atoms with Crippen molar-refractivity contribution in [2.24, 2.45) is 0 Å². The molecule has 1 aromatic carbocycles. The molecule has 0 fully saturated rings. The number of amides is 1.